The summed E-state index contributed by atoms with van der Waals surface area (Å²) in [5.74, 6) is -1.28. The highest BCUT2D eigenvalue weighted by molar-refractivity contribution is 5.51. The van der Waals surface area contributed by atoms with Crippen molar-refractivity contribution in [1.29, 1.82) is 5.26 Å². The average molecular weight is 272 g/mol. The van der Waals surface area contributed by atoms with Crippen molar-refractivity contribution < 1.29 is 8.78 Å². The summed E-state index contributed by atoms with van der Waals surface area (Å²) in [6, 6.07) is 13.3. The maximum Gasteiger partial charge on any atom is 0.152 e. The topological polar surface area (TPSA) is 35.8 Å². The molecule has 0 aliphatic heterocycles. The molecule has 0 saturated carbocycles. The SMILES string of the molecule is Cc1ccc(F)c(NC(CC#N)c2ccccc2)c1F. The molecule has 20 heavy (non-hydrogen) atoms. The van der Waals surface area contributed by atoms with E-state index in [1.807, 2.05) is 36.4 Å². The Morgan fingerprint density at radius 1 is 1.15 bits per heavy atom. The van der Waals surface area contributed by atoms with Gasteiger partial charge in [-0.2, -0.15) is 5.26 Å². The Hall–Kier alpha value is -2.41. The van der Waals surface area contributed by atoms with Gasteiger partial charge in [0, 0.05) is 0 Å². The number of aryl methyl sites for hydroxylation is 1. The van der Waals surface area contributed by atoms with E-state index in [1.165, 1.54) is 12.1 Å². The maximum absolute atomic E-state index is 14.0. The van der Waals surface area contributed by atoms with E-state index in [0.717, 1.165) is 5.56 Å². The van der Waals surface area contributed by atoms with Gasteiger partial charge >= 0.3 is 0 Å². The van der Waals surface area contributed by atoms with Crippen LogP contribution in [0.1, 0.15) is 23.6 Å². The lowest BCUT2D eigenvalue weighted by Crippen LogP contribution is -2.13. The van der Waals surface area contributed by atoms with Crippen molar-refractivity contribution in [2.24, 2.45) is 0 Å². The van der Waals surface area contributed by atoms with Crippen LogP contribution in [-0.2, 0) is 0 Å². The fraction of sp³-hybridized carbons (Fsp3) is 0.188. The molecule has 1 unspecified atom stereocenters. The van der Waals surface area contributed by atoms with Crippen LogP contribution in [0.15, 0.2) is 42.5 Å². The molecule has 102 valence electrons. The minimum absolute atomic E-state index is 0.122. The zero-order valence-corrected chi connectivity index (χ0v) is 11.0. The summed E-state index contributed by atoms with van der Waals surface area (Å²) in [6.45, 7) is 1.57. The van der Waals surface area contributed by atoms with Crippen molar-refractivity contribution in [3.05, 3.63) is 65.2 Å². The molecule has 2 aromatic carbocycles. The van der Waals surface area contributed by atoms with Gasteiger partial charge in [-0.1, -0.05) is 36.4 Å². The molecule has 4 heteroatoms. The van der Waals surface area contributed by atoms with E-state index in [0.29, 0.717) is 5.56 Å². The average Bonchev–Trinajstić information content (AvgIpc) is 2.47. The highest BCUT2D eigenvalue weighted by Gasteiger charge is 2.17. The number of anilines is 1. The Labute approximate surface area is 116 Å². The number of rotatable bonds is 4. The molecule has 0 aromatic heterocycles. The minimum atomic E-state index is -0.660. The van der Waals surface area contributed by atoms with Gasteiger partial charge < -0.3 is 5.32 Å². The molecule has 0 aliphatic carbocycles. The summed E-state index contributed by atoms with van der Waals surface area (Å²) in [5, 5.41) is 11.7. The molecule has 2 nitrogen and oxygen atoms in total. The molecule has 0 aliphatic rings. The Bertz CT molecular complexity index is 633. The zero-order chi connectivity index (χ0) is 14.5. The quantitative estimate of drug-likeness (QED) is 0.898. The second kappa shape index (κ2) is 6.16. The van der Waals surface area contributed by atoms with Crippen molar-refractivity contribution >= 4 is 5.69 Å². The van der Waals surface area contributed by atoms with E-state index in [9.17, 15) is 8.78 Å². The molecule has 2 aromatic rings. The van der Waals surface area contributed by atoms with Gasteiger partial charge in [0.15, 0.2) is 5.82 Å². The number of hydrogen-bond donors (Lipinski definition) is 1. The first-order valence-electron chi connectivity index (χ1n) is 6.26. The summed E-state index contributed by atoms with van der Waals surface area (Å²) in [6.07, 6.45) is 0.122. The van der Waals surface area contributed by atoms with Crippen molar-refractivity contribution in [2.75, 3.05) is 5.32 Å². The van der Waals surface area contributed by atoms with Crippen LogP contribution in [-0.4, -0.2) is 0 Å². The van der Waals surface area contributed by atoms with Crippen LogP contribution in [0.25, 0.3) is 0 Å². The van der Waals surface area contributed by atoms with Gasteiger partial charge in [-0.15, -0.1) is 0 Å². The maximum atomic E-state index is 14.0. The Balaban J connectivity index is 2.35. The Kier molecular flexibility index (Phi) is 4.31. The smallest absolute Gasteiger partial charge is 0.152 e. The van der Waals surface area contributed by atoms with Crippen LogP contribution < -0.4 is 5.32 Å². The third kappa shape index (κ3) is 2.94. The molecular formula is C16H14F2N2. The molecule has 1 N–H and O–H groups in total. The van der Waals surface area contributed by atoms with E-state index in [4.69, 9.17) is 5.26 Å². The number of nitrogens with one attached hydrogen (secondary N) is 1. The van der Waals surface area contributed by atoms with E-state index in [-0.39, 0.29) is 12.1 Å². The summed E-state index contributed by atoms with van der Waals surface area (Å²) < 4.78 is 27.8. The van der Waals surface area contributed by atoms with Crippen LogP contribution >= 0.6 is 0 Å². The van der Waals surface area contributed by atoms with Gasteiger partial charge in [-0.25, -0.2) is 8.78 Å². The van der Waals surface area contributed by atoms with Crippen LogP contribution in [0.5, 0.6) is 0 Å². The van der Waals surface area contributed by atoms with E-state index in [2.05, 4.69) is 5.32 Å². The lowest BCUT2D eigenvalue weighted by atomic mass is 10.0. The van der Waals surface area contributed by atoms with E-state index < -0.39 is 17.7 Å². The number of benzene rings is 2. The van der Waals surface area contributed by atoms with Gasteiger partial charge in [-0.05, 0) is 24.1 Å². The third-order valence-electron chi connectivity index (χ3n) is 3.10. The molecule has 0 heterocycles. The highest BCUT2D eigenvalue weighted by atomic mass is 19.1. The van der Waals surface area contributed by atoms with E-state index >= 15 is 0 Å². The molecule has 0 amide bonds. The zero-order valence-electron chi connectivity index (χ0n) is 11.0. The first-order chi connectivity index (χ1) is 9.63. The predicted octanol–water partition coefficient (Wildman–Crippen LogP) is 4.34. The molecule has 0 fully saturated rings. The van der Waals surface area contributed by atoms with Crippen LogP contribution in [0.2, 0.25) is 0 Å². The summed E-state index contributed by atoms with van der Waals surface area (Å²) in [4.78, 5) is 0. The number of hydrogen-bond acceptors (Lipinski definition) is 2. The summed E-state index contributed by atoms with van der Waals surface area (Å²) >= 11 is 0. The second-order valence-corrected chi connectivity index (χ2v) is 4.52. The van der Waals surface area contributed by atoms with Gasteiger partial charge in [0.1, 0.15) is 11.5 Å². The lowest BCUT2D eigenvalue weighted by Gasteiger charge is -2.19. The third-order valence-corrected chi connectivity index (χ3v) is 3.10. The second-order valence-electron chi connectivity index (χ2n) is 4.52. The lowest BCUT2D eigenvalue weighted by molar-refractivity contribution is 0.577. The Morgan fingerprint density at radius 2 is 1.85 bits per heavy atom. The summed E-state index contributed by atoms with van der Waals surface area (Å²) in [7, 11) is 0. The minimum Gasteiger partial charge on any atom is -0.372 e. The first-order valence-corrected chi connectivity index (χ1v) is 6.26. The molecule has 1 atom stereocenters. The van der Waals surface area contributed by atoms with Gasteiger partial charge in [0.25, 0.3) is 0 Å². The van der Waals surface area contributed by atoms with E-state index in [1.54, 1.807) is 6.92 Å². The standard InChI is InChI=1S/C16H14F2N2/c1-11-7-8-13(17)16(15(11)18)20-14(9-10-19)12-5-3-2-4-6-12/h2-8,14,20H,9H2,1H3. The van der Waals surface area contributed by atoms with Gasteiger partial charge in [-0.3, -0.25) is 0 Å². The van der Waals surface area contributed by atoms with Gasteiger partial charge in [0.2, 0.25) is 0 Å². The number of halogens is 2. The monoisotopic (exact) mass is 272 g/mol. The fourth-order valence-electron chi connectivity index (χ4n) is 1.99. The number of nitrogens with zero attached hydrogens (tertiary/aromatic N) is 1. The fourth-order valence-corrected chi connectivity index (χ4v) is 1.99. The molecule has 0 spiro atoms. The molecule has 2 rings (SSSR count). The normalized spacial score (nSPS) is 11.7. The van der Waals surface area contributed by atoms with Crippen LogP contribution in [0.4, 0.5) is 14.5 Å². The summed E-state index contributed by atoms with van der Waals surface area (Å²) in [5.41, 5.74) is 0.987. The largest absolute Gasteiger partial charge is 0.372 e. The molecular weight excluding hydrogens is 258 g/mol. The van der Waals surface area contributed by atoms with Crippen molar-refractivity contribution in [3.63, 3.8) is 0 Å². The highest BCUT2D eigenvalue weighted by Crippen LogP contribution is 2.28. The number of nitriles is 1. The van der Waals surface area contributed by atoms with Crippen molar-refractivity contribution in [3.8, 4) is 6.07 Å². The van der Waals surface area contributed by atoms with Crippen LogP contribution in [0.3, 0.4) is 0 Å². The first kappa shape index (κ1) is 14.0. The van der Waals surface area contributed by atoms with Gasteiger partial charge in [0.05, 0.1) is 18.5 Å². The van der Waals surface area contributed by atoms with Crippen LogP contribution in [0, 0.1) is 29.9 Å². The molecule has 0 bridgehead atoms. The van der Waals surface area contributed by atoms with Crippen molar-refractivity contribution in [2.45, 2.75) is 19.4 Å². The van der Waals surface area contributed by atoms with Crippen molar-refractivity contribution in [1.82, 2.24) is 0 Å². The molecule has 0 radical (unpaired) electrons. The molecule has 0 saturated heterocycles. The predicted molar refractivity (Wildman–Crippen MR) is 74.1 cm³/mol. The Morgan fingerprint density at radius 3 is 2.50 bits per heavy atom.